The second-order valence-corrected chi connectivity index (χ2v) is 3.17. The van der Waals surface area contributed by atoms with Crippen molar-refractivity contribution in [3.05, 3.63) is 29.3 Å². The van der Waals surface area contributed by atoms with Crippen LogP contribution in [0.25, 0.3) is 0 Å². The largest absolute Gasteiger partial charge is 0.488 e. The molecule has 0 aromatic heterocycles. The highest BCUT2D eigenvalue weighted by atomic mass is 19.2. The van der Waals surface area contributed by atoms with E-state index in [-0.39, 0.29) is 11.9 Å². The van der Waals surface area contributed by atoms with Gasteiger partial charge in [-0.3, -0.25) is 0 Å². The summed E-state index contributed by atoms with van der Waals surface area (Å²) < 4.78 is 31.0. The average Bonchev–Trinajstić information content (AvgIpc) is 2.21. The number of hydrogen-bond donors (Lipinski definition) is 0. The molecule has 86 valence electrons. The fraction of sp³-hybridized carbons (Fsp3) is 0.500. The third-order valence-electron chi connectivity index (χ3n) is 1.60. The predicted molar refractivity (Wildman–Crippen MR) is 58.2 cm³/mol. The standard InChI is InChI=1S/C10H12F2O.C2H6/c1-6(2)13-10-7(3)4-5-8(11)9(10)12;1-2/h4-6H,1-3H3;1-2H3. The molecule has 0 fully saturated rings. The lowest BCUT2D eigenvalue weighted by Gasteiger charge is -2.13. The zero-order valence-corrected chi connectivity index (χ0v) is 9.90. The van der Waals surface area contributed by atoms with Gasteiger partial charge in [0.05, 0.1) is 6.10 Å². The second kappa shape index (κ2) is 6.38. The summed E-state index contributed by atoms with van der Waals surface area (Å²) in [5, 5.41) is 0. The first-order chi connectivity index (χ1) is 7.02. The van der Waals surface area contributed by atoms with Crippen molar-refractivity contribution >= 4 is 0 Å². The van der Waals surface area contributed by atoms with Crippen molar-refractivity contribution in [2.24, 2.45) is 0 Å². The van der Waals surface area contributed by atoms with Gasteiger partial charge < -0.3 is 4.74 Å². The van der Waals surface area contributed by atoms with E-state index in [2.05, 4.69) is 0 Å². The van der Waals surface area contributed by atoms with E-state index in [1.54, 1.807) is 20.8 Å². The maximum Gasteiger partial charge on any atom is 0.200 e. The smallest absolute Gasteiger partial charge is 0.200 e. The average molecular weight is 216 g/mol. The lowest BCUT2D eigenvalue weighted by molar-refractivity contribution is 0.226. The molecule has 0 saturated heterocycles. The van der Waals surface area contributed by atoms with E-state index in [1.807, 2.05) is 13.8 Å². The highest BCUT2D eigenvalue weighted by Crippen LogP contribution is 2.25. The minimum atomic E-state index is -0.909. The molecule has 3 heteroatoms. The van der Waals surface area contributed by atoms with E-state index >= 15 is 0 Å². The summed E-state index contributed by atoms with van der Waals surface area (Å²) >= 11 is 0. The molecule has 0 aliphatic carbocycles. The molecular formula is C12H18F2O. The van der Waals surface area contributed by atoms with Gasteiger partial charge in [0, 0.05) is 0 Å². The summed E-state index contributed by atoms with van der Waals surface area (Å²) in [7, 11) is 0. The van der Waals surface area contributed by atoms with Crippen LogP contribution in [0.4, 0.5) is 8.78 Å². The molecular weight excluding hydrogens is 198 g/mol. The molecule has 0 aliphatic rings. The van der Waals surface area contributed by atoms with Gasteiger partial charge in [-0.05, 0) is 32.4 Å². The summed E-state index contributed by atoms with van der Waals surface area (Å²) in [6, 6.07) is 2.59. The highest BCUT2D eigenvalue weighted by molar-refractivity contribution is 5.34. The molecule has 0 heterocycles. The Morgan fingerprint density at radius 3 is 2.13 bits per heavy atom. The van der Waals surface area contributed by atoms with Gasteiger partial charge in [-0.25, -0.2) is 4.39 Å². The van der Waals surface area contributed by atoms with Crippen molar-refractivity contribution in [1.82, 2.24) is 0 Å². The molecule has 1 rings (SSSR count). The Bertz CT molecular complexity index is 309. The molecule has 0 N–H and O–H groups in total. The summed E-state index contributed by atoms with van der Waals surface area (Å²) in [6.45, 7) is 9.22. The van der Waals surface area contributed by atoms with E-state index in [1.165, 1.54) is 6.07 Å². The van der Waals surface area contributed by atoms with Gasteiger partial charge in [0.1, 0.15) is 0 Å². The van der Waals surface area contributed by atoms with Crippen LogP contribution in [0.15, 0.2) is 12.1 Å². The molecule has 1 aromatic rings. The van der Waals surface area contributed by atoms with Gasteiger partial charge in [-0.15, -0.1) is 0 Å². The van der Waals surface area contributed by atoms with E-state index in [0.29, 0.717) is 5.56 Å². The van der Waals surface area contributed by atoms with Gasteiger partial charge in [0.25, 0.3) is 0 Å². The molecule has 0 amide bonds. The number of ether oxygens (including phenoxy) is 1. The predicted octanol–water partition coefficient (Wildman–Crippen LogP) is 4.09. The molecule has 0 unspecified atom stereocenters. The van der Waals surface area contributed by atoms with Crippen molar-refractivity contribution in [3.8, 4) is 5.75 Å². The van der Waals surface area contributed by atoms with Crippen molar-refractivity contribution in [3.63, 3.8) is 0 Å². The quantitative estimate of drug-likeness (QED) is 0.723. The van der Waals surface area contributed by atoms with Crippen LogP contribution in [-0.4, -0.2) is 6.10 Å². The molecule has 0 bridgehead atoms. The fourth-order valence-corrected chi connectivity index (χ4v) is 1.01. The first kappa shape index (κ1) is 13.9. The Kier molecular flexibility index (Phi) is 5.90. The van der Waals surface area contributed by atoms with Crippen LogP contribution in [0.1, 0.15) is 33.3 Å². The zero-order chi connectivity index (χ0) is 12.0. The minimum absolute atomic E-state index is 0.00926. The molecule has 0 radical (unpaired) electrons. The number of aryl methyl sites for hydroxylation is 1. The summed E-state index contributed by atoms with van der Waals surface area (Å²) in [5.74, 6) is -1.77. The van der Waals surface area contributed by atoms with Gasteiger partial charge in [-0.1, -0.05) is 19.9 Å². The third kappa shape index (κ3) is 3.86. The minimum Gasteiger partial charge on any atom is -0.488 e. The van der Waals surface area contributed by atoms with Crippen LogP contribution in [0.3, 0.4) is 0 Å². The van der Waals surface area contributed by atoms with Crippen molar-refractivity contribution in [2.75, 3.05) is 0 Å². The maximum absolute atomic E-state index is 13.1. The lowest BCUT2D eigenvalue weighted by atomic mass is 10.2. The third-order valence-corrected chi connectivity index (χ3v) is 1.60. The Morgan fingerprint density at radius 2 is 1.67 bits per heavy atom. The maximum atomic E-state index is 13.1. The van der Waals surface area contributed by atoms with E-state index in [4.69, 9.17) is 4.74 Å². The molecule has 1 nitrogen and oxygen atoms in total. The molecule has 0 saturated carbocycles. The Morgan fingerprint density at radius 1 is 1.13 bits per heavy atom. The highest BCUT2D eigenvalue weighted by Gasteiger charge is 2.13. The van der Waals surface area contributed by atoms with Crippen molar-refractivity contribution < 1.29 is 13.5 Å². The summed E-state index contributed by atoms with van der Waals surface area (Å²) in [6.07, 6.45) is -0.157. The summed E-state index contributed by atoms with van der Waals surface area (Å²) in [5.41, 5.74) is 0.604. The van der Waals surface area contributed by atoms with Gasteiger partial charge in [0.15, 0.2) is 11.6 Å². The Labute approximate surface area is 90.1 Å². The first-order valence-corrected chi connectivity index (χ1v) is 5.13. The normalized spacial score (nSPS) is 9.60. The van der Waals surface area contributed by atoms with Crippen LogP contribution in [-0.2, 0) is 0 Å². The van der Waals surface area contributed by atoms with Gasteiger partial charge in [-0.2, -0.15) is 4.39 Å². The van der Waals surface area contributed by atoms with E-state index in [9.17, 15) is 8.78 Å². The molecule has 1 aromatic carbocycles. The first-order valence-electron chi connectivity index (χ1n) is 5.13. The Hall–Kier alpha value is -1.12. The monoisotopic (exact) mass is 216 g/mol. The van der Waals surface area contributed by atoms with Crippen LogP contribution in [0.2, 0.25) is 0 Å². The Balaban J connectivity index is 0.000000921. The van der Waals surface area contributed by atoms with Crippen LogP contribution in [0, 0.1) is 18.6 Å². The lowest BCUT2D eigenvalue weighted by Crippen LogP contribution is -2.09. The number of hydrogen-bond acceptors (Lipinski definition) is 1. The van der Waals surface area contributed by atoms with Crippen molar-refractivity contribution in [1.29, 1.82) is 0 Å². The second-order valence-electron chi connectivity index (χ2n) is 3.17. The van der Waals surface area contributed by atoms with Gasteiger partial charge >= 0.3 is 0 Å². The van der Waals surface area contributed by atoms with Crippen LogP contribution < -0.4 is 4.74 Å². The van der Waals surface area contributed by atoms with Crippen LogP contribution in [0.5, 0.6) is 5.75 Å². The topological polar surface area (TPSA) is 9.23 Å². The van der Waals surface area contributed by atoms with E-state index < -0.39 is 11.6 Å². The van der Waals surface area contributed by atoms with E-state index in [0.717, 1.165) is 6.07 Å². The molecule has 0 aliphatic heterocycles. The van der Waals surface area contributed by atoms with Gasteiger partial charge in [0.2, 0.25) is 5.82 Å². The molecule has 15 heavy (non-hydrogen) atoms. The van der Waals surface area contributed by atoms with Crippen molar-refractivity contribution in [2.45, 2.75) is 40.7 Å². The molecule has 0 atom stereocenters. The molecule has 0 spiro atoms. The SMILES string of the molecule is CC.Cc1ccc(F)c(F)c1OC(C)C. The number of halogens is 2. The number of rotatable bonds is 2. The zero-order valence-electron chi connectivity index (χ0n) is 9.90. The summed E-state index contributed by atoms with van der Waals surface area (Å²) in [4.78, 5) is 0. The number of benzene rings is 1. The van der Waals surface area contributed by atoms with Crippen LogP contribution >= 0.6 is 0 Å². The fourth-order valence-electron chi connectivity index (χ4n) is 1.01.